The van der Waals surface area contributed by atoms with Crippen LogP contribution in [0.5, 0.6) is 0 Å². The third kappa shape index (κ3) is 6.76. The number of aliphatic hydroxyl groups is 2. The van der Waals surface area contributed by atoms with Gasteiger partial charge in [0.15, 0.2) is 0 Å². The largest absolute Gasteiger partial charge is 4.00 e. The van der Waals surface area contributed by atoms with Crippen molar-refractivity contribution in [1.82, 2.24) is 0 Å². The predicted molar refractivity (Wildman–Crippen MR) is 74.2 cm³/mol. The molecule has 23 heavy (non-hydrogen) atoms. The van der Waals surface area contributed by atoms with Crippen LogP contribution >= 0.6 is 0 Å². The van der Waals surface area contributed by atoms with Crippen LogP contribution in [0, 0.1) is 18.1 Å². The number of hydrogen-bond donors (Lipinski definition) is 2. The molecule has 0 radical (unpaired) electrons. The maximum absolute atomic E-state index is 8.85. The fraction of sp³-hybridized carbons (Fsp3) is 0.500. The van der Waals surface area contributed by atoms with Crippen molar-refractivity contribution in [3.05, 3.63) is 47.0 Å². The van der Waals surface area contributed by atoms with Crippen molar-refractivity contribution in [1.29, 1.82) is 0 Å². The van der Waals surface area contributed by atoms with Crippen LogP contribution in [0.2, 0.25) is 0 Å². The first kappa shape index (κ1) is 25.2. The first-order valence-corrected chi connectivity index (χ1v) is 6.87. The van der Waals surface area contributed by atoms with Crippen molar-refractivity contribution in [2.75, 3.05) is 26.4 Å². The van der Waals surface area contributed by atoms with E-state index in [2.05, 4.69) is 19.1 Å². The van der Waals surface area contributed by atoms with Crippen LogP contribution in [0.4, 0.5) is 0 Å². The Labute approximate surface area is 169 Å². The Bertz CT molecular complexity index is 431. The predicted octanol–water partition coefficient (Wildman–Crippen LogP) is -4.32. The van der Waals surface area contributed by atoms with Crippen molar-refractivity contribution >= 4 is 0 Å². The van der Waals surface area contributed by atoms with E-state index < -0.39 is 0 Å². The van der Waals surface area contributed by atoms with Crippen LogP contribution in [0.15, 0.2) is 34.8 Å². The SMILES string of the molecule is CC(C1=[C-]CC=C1OCCO)C1=[C-]CC=C1OCCO.[Cl-].[Cl-].[Zr+4]. The van der Waals surface area contributed by atoms with E-state index in [4.69, 9.17) is 19.7 Å². The van der Waals surface area contributed by atoms with Crippen molar-refractivity contribution in [2.24, 2.45) is 5.92 Å². The van der Waals surface area contributed by atoms with E-state index in [-0.39, 0.29) is 83.4 Å². The summed E-state index contributed by atoms with van der Waals surface area (Å²) in [5, 5.41) is 17.7. The first-order valence-electron chi connectivity index (χ1n) is 6.87. The summed E-state index contributed by atoms with van der Waals surface area (Å²) >= 11 is 0. The number of ether oxygens (including phenoxy) is 2. The molecule has 2 aliphatic carbocycles. The second-order valence-electron chi connectivity index (χ2n) is 4.59. The van der Waals surface area contributed by atoms with E-state index in [0.717, 1.165) is 35.5 Å². The molecule has 0 fully saturated rings. The molecule has 2 aliphatic rings. The fourth-order valence-electron chi connectivity index (χ4n) is 2.36. The zero-order valence-electron chi connectivity index (χ0n) is 12.9. The van der Waals surface area contributed by atoms with Gasteiger partial charge in [0.05, 0.1) is 26.4 Å². The van der Waals surface area contributed by atoms with Crippen LogP contribution < -0.4 is 24.8 Å². The third-order valence-corrected chi connectivity index (χ3v) is 3.25. The Hall–Kier alpha value is -0.0569. The average Bonchev–Trinajstić information content (AvgIpc) is 3.10. The van der Waals surface area contributed by atoms with Crippen molar-refractivity contribution < 1.29 is 70.7 Å². The van der Waals surface area contributed by atoms with E-state index >= 15 is 0 Å². The minimum absolute atomic E-state index is 0. The van der Waals surface area contributed by atoms with Crippen LogP contribution in [0.25, 0.3) is 0 Å². The molecule has 0 atom stereocenters. The molecular weight excluding hydrogens is 418 g/mol. The topological polar surface area (TPSA) is 58.9 Å². The molecule has 0 amide bonds. The summed E-state index contributed by atoms with van der Waals surface area (Å²) in [4.78, 5) is 0. The molecule has 0 aromatic rings. The molecule has 0 saturated heterocycles. The van der Waals surface area contributed by atoms with Gasteiger partial charge in [-0.15, -0.1) is 25.0 Å². The molecule has 0 aliphatic heterocycles. The molecule has 0 bridgehead atoms. The van der Waals surface area contributed by atoms with Gasteiger partial charge in [-0.1, -0.05) is 12.8 Å². The number of halogens is 2. The molecular formula is C16H20Cl2O4Zr. The number of allylic oxidation sites excluding steroid dienone is 6. The zero-order valence-corrected chi connectivity index (χ0v) is 16.9. The smallest absolute Gasteiger partial charge is 1.00 e. The summed E-state index contributed by atoms with van der Waals surface area (Å²) in [5.74, 6) is 1.65. The summed E-state index contributed by atoms with van der Waals surface area (Å²) < 4.78 is 11.1. The summed E-state index contributed by atoms with van der Waals surface area (Å²) in [5.41, 5.74) is 1.97. The van der Waals surface area contributed by atoms with Gasteiger partial charge in [-0.05, 0) is 11.5 Å². The van der Waals surface area contributed by atoms with Crippen LogP contribution in [-0.4, -0.2) is 36.6 Å². The van der Waals surface area contributed by atoms with Crippen molar-refractivity contribution in [2.45, 2.75) is 19.8 Å². The van der Waals surface area contributed by atoms with E-state index in [0.29, 0.717) is 0 Å². The van der Waals surface area contributed by atoms with Crippen LogP contribution in [-0.2, 0) is 35.7 Å². The van der Waals surface area contributed by atoms with Gasteiger partial charge in [0, 0.05) is 0 Å². The summed E-state index contributed by atoms with van der Waals surface area (Å²) in [7, 11) is 0. The molecule has 0 aromatic heterocycles. The molecule has 2 rings (SSSR count). The number of rotatable bonds is 8. The van der Waals surface area contributed by atoms with Crippen molar-refractivity contribution in [3.8, 4) is 0 Å². The molecule has 126 valence electrons. The van der Waals surface area contributed by atoms with Gasteiger partial charge in [-0.2, -0.15) is 11.1 Å². The molecule has 0 aromatic carbocycles. The van der Waals surface area contributed by atoms with E-state index in [1.54, 1.807) is 0 Å². The van der Waals surface area contributed by atoms with Crippen LogP contribution in [0.1, 0.15) is 19.8 Å². The van der Waals surface area contributed by atoms with E-state index in [9.17, 15) is 0 Å². The standard InChI is InChI=1S/C16H20O4.2ClH.Zr/c1-12(13-4-2-6-15(13)19-10-8-17)14-5-3-7-16(14)20-11-9-18;;;/h6-7,12,17-18H,2-3,8-11H2,1H3;2*1H;/q-2;;;+4/p-2. The molecule has 0 saturated carbocycles. The van der Waals surface area contributed by atoms with Gasteiger partial charge in [-0.3, -0.25) is 12.2 Å². The van der Waals surface area contributed by atoms with Gasteiger partial charge in [0.25, 0.3) is 0 Å². The van der Waals surface area contributed by atoms with E-state index in [1.807, 2.05) is 12.2 Å². The zero-order chi connectivity index (χ0) is 14.4. The molecule has 2 N–H and O–H groups in total. The normalized spacial score (nSPS) is 15.5. The summed E-state index contributed by atoms with van der Waals surface area (Å²) in [6.45, 7) is 2.64. The van der Waals surface area contributed by atoms with E-state index in [1.165, 1.54) is 0 Å². The Balaban J connectivity index is 0. The average molecular weight is 438 g/mol. The molecule has 4 nitrogen and oxygen atoms in total. The monoisotopic (exact) mass is 436 g/mol. The molecule has 0 unspecified atom stereocenters. The van der Waals surface area contributed by atoms with Gasteiger partial charge >= 0.3 is 26.2 Å². The Morgan fingerprint density at radius 3 is 1.70 bits per heavy atom. The maximum Gasteiger partial charge on any atom is 4.00 e. The first-order chi connectivity index (χ1) is 9.77. The molecule has 0 spiro atoms. The number of hydrogen-bond acceptors (Lipinski definition) is 4. The summed E-state index contributed by atoms with van der Waals surface area (Å²) in [6, 6.07) is 0. The molecule has 0 heterocycles. The van der Waals surface area contributed by atoms with Gasteiger partial charge in [-0.25, -0.2) is 0 Å². The third-order valence-electron chi connectivity index (χ3n) is 3.25. The molecule has 7 heteroatoms. The second kappa shape index (κ2) is 13.3. The van der Waals surface area contributed by atoms with Crippen molar-refractivity contribution in [3.63, 3.8) is 0 Å². The second-order valence-corrected chi connectivity index (χ2v) is 4.59. The maximum atomic E-state index is 8.85. The quantitative estimate of drug-likeness (QED) is 0.377. The minimum Gasteiger partial charge on any atom is -1.00 e. The number of aliphatic hydroxyl groups excluding tert-OH is 2. The van der Waals surface area contributed by atoms with Gasteiger partial charge in [0.1, 0.15) is 0 Å². The Kier molecular flexibility index (Phi) is 14.5. The summed E-state index contributed by atoms with van der Waals surface area (Å²) in [6.07, 6.45) is 12.0. The Morgan fingerprint density at radius 1 is 0.957 bits per heavy atom. The minimum atomic E-state index is -0.00140. The Morgan fingerprint density at radius 2 is 1.35 bits per heavy atom. The van der Waals surface area contributed by atoms with Gasteiger partial charge < -0.3 is 44.5 Å². The van der Waals surface area contributed by atoms with Gasteiger partial charge in [0.2, 0.25) is 0 Å². The van der Waals surface area contributed by atoms with Crippen LogP contribution in [0.3, 0.4) is 0 Å². The fourth-order valence-corrected chi connectivity index (χ4v) is 2.36.